The Hall–Kier alpha value is -3.11. The first-order chi connectivity index (χ1) is 15.6. The highest BCUT2D eigenvalue weighted by Crippen LogP contribution is 2.35. The number of sulfonamides is 1. The molecule has 0 aliphatic heterocycles. The van der Waals surface area contributed by atoms with E-state index in [0.29, 0.717) is 16.9 Å². The predicted molar refractivity (Wildman–Crippen MR) is 125 cm³/mol. The van der Waals surface area contributed by atoms with Gasteiger partial charge in [-0.25, -0.2) is 22.2 Å². The number of hydrogen-bond acceptors (Lipinski definition) is 6. The summed E-state index contributed by atoms with van der Waals surface area (Å²) in [6.45, 7) is -0.344. The quantitative estimate of drug-likeness (QED) is 0.389. The number of benzene rings is 2. The number of anilines is 3. The smallest absolute Gasteiger partial charge is 0.229 e. The zero-order valence-electron chi connectivity index (χ0n) is 17.5. The third kappa shape index (κ3) is 5.63. The average molecular weight is 495 g/mol. The third-order valence-electron chi connectivity index (χ3n) is 4.98. The van der Waals surface area contributed by atoms with Gasteiger partial charge in [0.25, 0.3) is 0 Å². The number of halogens is 3. The molecule has 0 spiro atoms. The topological polar surface area (TPSA) is 106 Å². The van der Waals surface area contributed by atoms with Gasteiger partial charge in [-0.05, 0) is 48.7 Å². The average Bonchev–Trinajstić information content (AvgIpc) is 3.56. The molecule has 4 N–H and O–H groups in total. The van der Waals surface area contributed by atoms with Gasteiger partial charge in [0.05, 0.1) is 22.7 Å². The van der Waals surface area contributed by atoms with Gasteiger partial charge in [0.2, 0.25) is 10.0 Å². The molecule has 0 bridgehead atoms. The minimum Gasteiger partial charge on any atom is -0.485 e. The van der Waals surface area contributed by atoms with Gasteiger partial charge in [0.1, 0.15) is 18.2 Å². The summed E-state index contributed by atoms with van der Waals surface area (Å²) in [5.74, 6) is -1.22. The van der Waals surface area contributed by atoms with Crippen molar-refractivity contribution in [2.75, 3.05) is 22.0 Å². The summed E-state index contributed by atoms with van der Waals surface area (Å²) in [4.78, 5) is 4.13. The van der Waals surface area contributed by atoms with Gasteiger partial charge in [-0.3, -0.25) is 4.72 Å². The van der Waals surface area contributed by atoms with E-state index in [1.54, 1.807) is 24.3 Å². The van der Waals surface area contributed by atoms with Crippen molar-refractivity contribution in [3.8, 4) is 16.9 Å². The Morgan fingerprint density at radius 3 is 2.55 bits per heavy atom. The van der Waals surface area contributed by atoms with E-state index >= 15 is 0 Å². The van der Waals surface area contributed by atoms with Crippen LogP contribution in [-0.4, -0.2) is 25.7 Å². The maximum Gasteiger partial charge on any atom is 0.229 e. The summed E-state index contributed by atoms with van der Waals surface area (Å²) < 4.78 is 59.3. The number of nitrogens with zero attached hydrogens (tertiary/aromatic N) is 1. The van der Waals surface area contributed by atoms with E-state index in [1.165, 1.54) is 6.20 Å². The molecule has 1 fully saturated rings. The van der Waals surface area contributed by atoms with Gasteiger partial charge in [0.15, 0.2) is 11.6 Å². The van der Waals surface area contributed by atoms with Gasteiger partial charge in [0, 0.05) is 23.4 Å². The van der Waals surface area contributed by atoms with E-state index in [9.17, 15) is 17.2 Å². The normalized spacial score (nSPS) is 13.6. The lowest BCUT2D eigenvalue weighted by molar-refractivity contribution is 0.300. The Labute approximate surface area is 195 Å². The summed E-state index contributed by atoms with van der Waals surface area (Å²) in [6, 6.07) is 8.99. The SMILES string of the molecule is CS(=O)(=O)Nc1ccc(-c2cnc(N)c(OCc3c(F)ccc(F)c3Cl)c2)cc1NC1CC1. The first-order valence-corrected chi connectivity index (χ1v) is 12.3. The first-order valence-electron chi connectivity index (χ1n) is 10.00. The van der Waals surface area contributed by atoms with Crippen molar-refractivity contribution in [2.45, 2.75) is 25.5 Å². The highest BCUT2D eigenvalue weighted by Gasteiger charge is 2.23. The van der Waals surface area contributed by atoms with E-state index in [1.807, 2.05) is 0 Å². The van der Waals surface area contributed by atoms with Crippen LogP contribution >= 0.6 is 11.6 Å². The Morgan fingerprint density at radius 2 is 1.85 bits per heavy atom. The van der Waals surface area contributed by atoms with Crippen LogP contribution in [0.25, 0.3) is 11.1 Å². The molecule has 1 aromatic heterocycles. The summed E-state index contributed by atoms with van der Waals surface area (Å²) in [7, 11) is -3.46. The van der Waals surface area contributed by atoms with Crippen molar-refractivity contribution in [1.82, 2.24) is 4.98 Å². The van der Waals surface area contributed by atoms with Crippen molar-refractivity contribution in [1.29, 1.82) is 0 Å². The summed E-state index contributed by atoms with van der Waals surface area (Å²) in [6.07, 6.45) is 4.63. The predicted octanol–water partition coefficient (Wildman–Crippen LogP) is 4.79. The number of nitrogens with one attached hydrogen (secondary N) is 2. The maximum absolute atomic E-state index is 14.1. The minimum absolute atomic E-state index is 0.0679. The van der Waals surface area contributed by atoms with Crippen molar-refractivity contribution >= 4 is 38.8 Å². The Morgan fingerprint density at radius 1 is 1.12 bits per heavy atom. The molecule has 1 aliphatic rings. The second-order valence-electron chi connectivity index (χ2n) is 7.77. The van der Waals surface area contributed by atoms with Crippen LogP contribution in [0, 0.1) is 11.6 Å². The summed E-state index contributed by atoms with van der Waals surface area (Å²) >= 11 is 5.86. The third-order valence-corrected chi connectivity index (χ3v) is 5.98. The second kappa shape index (κ2) is 9.03. The fourth-order valence-corrected chi connectivity index (χ4v) is 3.94. The van der Waals surface area contributed by atoms with E-state index in [-0.39, 0.29) is 34.8 Å². The highest BCUT2D eigenvalue weighted by molar-refractivity contribution is 7.92. The Kier molecular flexibility index (Phi) is 6.31. The van der Waals surface area contributed by atoms with Crippen molar-refractivity contribution in [2.24, 2.45) is 0 Å². The monoisotopic (exact) mass is 494 g/mol. The molecule has 2 aromatic carbocycles. The van der Waals surface area contributed by atoms with Crippen LogP contribution in [-0.2, 0) is 16.6 Å². The van der Waals surface area contributed by atoms with Gasteiger partial charge in [-0.2, -0.15) is 0 Å². The fraction of sp³-hybridized carbons (Fsp3) is 0.227. The van der Waals surface area contributed by atoms with Gasteiger partial charge >= 0.3 is 0 Å². The maximum atomic E-state index is 14.1. The van der Waals surface area contributed by atoms with Gasteiger partial charge in [-0.1, -0.05) is 17.7 Å². The van der Waals surface area contributed by atoms with Crippen LogP contribution < -0.4 is 20.5 Å². The van der Waals surface area contributed by atoms with Gasteiger partial charge < -0.3 is 15.8 Å². The number of nitrogen functional groups attached to an aromatic ring is 1. The van der Waals surface area contributed by atoms with E-state index in [2.05, 4.69) is 15.0 Å². The van der Waals surface area contributed by atoms with Crippen LogP contribution in [0.1, 0.15) is 18.4 Å². The molecule has 0 unspecified atom stereocenters. The lowest BCUT2D eigenvalue weighted by Crippen LogP contribution is -2.12. The largest absolute Gasteiger partial charge is 0.485 e. The number of nitrogens with two attached hydrogens (primary N) is 1. The van der Waals surface area contributed by atoms with Crippen molar-refractivity contribution in [3.05, 3.63) is 64.8 Å². The second-order valence-corrected chi connectivity index (χ2v) is 9.90. The molecule has 1 aliphatic carbocycles. The molecule has 0 amide bonds. The summed E-state index contributed by atoms with van der Waals surface area (Å²) in [5, 5.41) is 2.95. The van der Waals surface area contributed by atoms with Gasteiger partial charge in [-0.15, -0.1) is 0 Å². The standard InChI is InChI=1S/C22H21ClF2N4O3S/c1-33(30,31)29-18-7-2-12(8-19(18)28-14-3-4-14)13-9-20(22(26)27-10-13)32-11-15-16(24)5-6-17(25)21(15)23/h2,5-10,14,28-29H,3-4,11H2,1H3,(H2,26,27). The highest BCUT2D eigenvalue weighted by atomic mass is 35.5. The molecule has 0 radical (unpaired) electrons. The molecule has 3 aromatic rings. The van der Waals surface area contributed by atoms with Crippen LogP contribution in [0.3, 0.4) is 0 Å². The zero-order chi connectivity index (χ0) is 23.8. The van der Waals surface area contributed by atoms with E-state index < -0.39 is 21.7 Å². The van der Waals surface area contributed by atoms with Crippen LogP contribution in [0.5, 0.6) is 5.75 Å². The number of ether oxygens (including phenoxy) is 1. The molecule has 1 heterocycles. The molecule has 33 heavy (non-hydrogen) atoms. The number of rotatable bonds is 8. The molecular weight excluding hydrogens is 474 g/mol. The molecule has 7 nitrogen and oxygen atoms in total. The molecule has 11 heteroatoms. The van der Waals surface area contributed by atoms with E-state index in [4.69, 9.17) is 22.1 Å². The number of aromatic nitrogens is 1. The Balaban J connectivity index is 1.62. The Bertz CT molecular complexity index is 1320. The van der Waals surface area contributed by atoms with E-state index in [0.717, 1.165) is 36.8 Å². The summed E-state index contributed by atoms with van der Waals surface area (Å²) in [5.41, 5.74) is 8.21. The van der Waals surface area contributed by atoms with Crippen molar-refractivity contribution in [3.63, 3.8) is 0 Å². The molecule has 4 rings (SSSR count). The lowest BCUT2D eigenvalue weighted by Gasteiger charge is -2.15. The number of pyridine rings is 1. The zero-order valence-corrected chi connectivity index (χ0v) is 19.1. The van der Waals surface area contributed by atoms with Crippen LogP contribution in [0.4, 0.5) is 26.0 Å². The first kappa shape index (κ1) is 23.1. The number of hydrogen-bond donors (Lipinski definition) is 3. The minimum atomic E-state index is -3.46. The fourth-order valence-electron chi connectivity index (χ4n) is 3.16. The van der Waals surface area contributed by atoms with Crippen molar-refractivity contribution < 1.29 is 21.9 Å². The molecular formula is C22H21ClF2N4O3S. The lowest BCUT2D eigenvalue weighted by atomic mass is 10.1. The molecule has 1 saturated carbocycles. The van der Waals surface area contributed by atoms with Crippen LogP contribution in [0.15, 0.2) is 42.6 Å². The molecule has 174 valence electrons. The van der Waals surface area contributed by atoms with Crippen LogP contribution in [0.2, 0.25) is 5.02 Å². The molecule has 0 saturated heterocycles. The molecule has 0 atom stereocenters.